The van der Waals surface area contributed by atoms with E-state index in [0.717, 1.165) is 24.7 Å². The largest absolute Gasteiger partial charge is 0.489 e. The van der Waals surface area contributed by atoms with Crippen molar-refractivity contribution in [2.75, 3.05) is 28.6 Å². The van der Waals surface area contributed by atoms with E-state index in [1.165, 1.54) is 18.5 Å². The van der Waals surface area contributed by atoms with Gasteiger partial charge in [-0.05, 0) is 69.0 Å². The molecule has 0 aliphatic carbocycles. The molecule has 1 saturated heterocycles. The summed E-state index contributed by atoms with van der Waals surface area (Å²) >= 11 is 0. The summed E-state index contributed by atoms with van der Waals surface area (Å²) in [6, 6.07) is 15.2. The first-order chi connectivity index (χ1) is 13.0. The van der Waals surface area contributed by atoms with Gasteiger partial charge in [0.2, 0.25) is 0 Å². The number of para-hydroxylation sites is 2. The zero-order valence-electron chi connectivity index (χ0n) is 16.4. The van der Waals surface area contributed by atoms with Gasteiger partial charge in [-0.15, -0.1) is 0 Å². The third kappa shape index (κ3) is 5.39. The molecule has 5 nitrogen and oxygen atoms in total. The Bertz CT molecular complexity index is 750. The number of urea groups is 1. The maximum atomic E-state index is 12.4. The summed E-state index contributed by atoms with van der Waals surface area (Å²) in [5.74, 6) is 1.48. The molecule has 27 heavy (non-hydrogen) atoms. The van der Waals surface area contributed by atoms with E-state index in [2.05, 4.69) is 34.6 Å². The highest BCUT2D eigenvalue weighted by molar-refractivity contribution is 6.00. The van der Waals surface area contributed by atoms with Crippen molar-refractivity contribution < 1.29 is 9.53 Å². The molecule has 0 bridgehead atoms. The Morgan fingerprint density at radius 3 is 2.37 bits per heavy atom. The van der Waals surface area contributed by atoms with E-state index in [1.807, 2.05) is 50.2 Å². The number of anilines is 3. The first-order valence-electron chi connectivity index (χ1n) is 9.70. The lowest BCUT2D eigenvalue weighted by molar-refractivity contribution is 0.243. The van der Waals surface area contributed by atoms with E-state index in [0.29, 0.717) is 11.4 Å². The van der Waals surface area contributed by atoms with Gasteiger partial charge in [-0.25, -0.2) is 4.79 Å². The van der Waals surface area contributed by atoms with Gasteiger partial charge in [0.15, 0.2) is 0 Å². The van der Waals surface area contributed by atoms with Crippen LogP contribution in [-0.2, 0) is 0 Å². The van der Waals surface area contributed by atoms with Gasteiger partial charge in [-0.1, -0.05) is 19.1 Å². The Kier molecular flexibility index (Phi) is 6.22. The first kappa shape index (κ1) is 19.1. The van der Waals surface area contributed by atoms with Gasteiger partial charge >= 0.3 is 6.03 Å². The van der Waals surface area contributed by atoms with E-state index >= 15 is 0 Å². The van der Waals surface area contributed by atoms with Crippen LogP contribution >= 0.6 is 0 Å². The molecule has 2 aromatic rings. The lowest BCUT2D eigenvalue weighted by atomic mass is 9.99. The van der Waals surface area contributed by atoms with Crippen LogP contribution in [0.2, 0.25) is 0 Å². The first-order valence-corrected chi connectivity index (χ1v) is 9.70. The Morgan fingerprint density at radius 1 is 1.04 bits per heavy atom. The van der Waals surface area contributed by atoms with Gasteiger partial charge in [0, 0.05) is 24.5 Å². The number of rotatable bonds is 5. The number of ether oxygens (including phenoxy) is 1. The zero-order chi connectivity index (χ0) is 19.2. The number of benzene rings is 2. The molecule has 0 atom stereocenters. The molecule has 2 aromatic carbocycles. The van der Waals surface area contributed by atoms with Crippen molar-refractivity contribution in [1.82, 2.24) is 0 Å². The Morgan fingerprint density at radius 2 is 1.70 bits per heavy atom. The molecular formula is C22H29N3O2. The van der Waals surface area contributed by atoms with Gasteiger partial charge < -0.3 is 20.3 Å². The average Bonchev–Trinajstić information content (AvgIpc) is 2.64. The number of carbonyl (C=O) groups is 1. The number of carbonyl (C=O) groups excluding carboxylic acids is 1. The van der Waals surface area contributed by atoms with E-state index in [1.54, 1.807) is 0 Å². The maximum Gasteiger partial charge on any atom is 0.323 e. The molecular weight excluding hydrogens is 338 g/mol. The number of piperidine rings is 1. The lowest BCUT2D eigenvalue weighted by Gasteiger charge is -2.32. The smallest absolute Gasteiger partial charge is 0.323 e. The van der Waals surface area contributed by atoms with Gasteiger partial charge in [0.1, 0.15) is 5.75 Å². The third-order valence-electron chi connectivity index (χ3n) is 4.77. The standard InChI is InChI=1S/C22H29N3O2/c1-16(2)27-21-7-5-4-6-20(21)24-22(26)23-18-8-10-19(11-9-18)25-14-12-17(3)13-15-25/h4-11,16-17H,12-15H2,1-3H3,(H2,23,24,26). The van der Waals surface area contributed by atoms with Crippen molar-refractivity contribution >= 4 is 23.1 Å². The number of nitrogens with one attached hydrogen (secondary N) is 2. The molecule has 1 heterocycles. The fourth-order valence-electron chi connectivity index (χ4n) is 3.23. The summed E-state index contributed by atoms with van der Waals surface area (Å²) in [5, 5.41) is 5.75. The van der Waals surface area contributed by atoms with Crippen LogP contribution in [0.3, 0.4) is 0 Å². The minimum Gasteiger partial charge on any atom is -0.489 e. The van der Waals surface area contributed by atoms with Crippen molar-refractivity contribution in [3.63, 3.8) is 0 Å². The second-order valence-electron chi connectivity index (χ2n) is 7.46. The second-order valence-corrected chi connectivity index (χ2v) is 7.46. The fraction of sp³-hybridized carbons (Fsp3) is 0.409. The predicted octanol–water partition coefficient (Wildman–Crippen LogP) is 5.35. The molecule has 0 unspecified atom stereocenters. The van der Waals surface area contributed by atoms with Crippen LogP contribution < -0.4 is 20.3 Å². The molecule has 0 aromatic heterocycles. The molecule has 2 amide bonds. The maximum absolute atomic E-state index is 12.4. The quantitative estimate of drug-likeness (QED) is 0.748. The minimum absolute atomic E-state index is 0.0429. The molecule has 1 aliphatic heterocycles. The van der Waals surface area contributed by atoms with Crippen LogP contribution in [0.1, 0.15) is 33.6 Å². The summed E-state index contributed by atoms with van der Waals surface area (Å²) < 4.78 is 5.74. The highest BCUT2D eigenvalue weighted by Crippen LogP contribution is 2.26. The molecule has 1 fully saturated rings. The molecule has 3 rings (SSSR count). The summed E-state index contributed by atoms with van der Waals surface area (Å²) in [7, 11) is 0. The van der Waals surface area contributed by atoms with Gasteiger partial charge in [-0.2, -0.15) is 0 Å². The van der Waals surface area contributed by atoms with E-state index < -0.39 is 0 Å². The fourth-order valence-corrected chi connectivity index (χ4v) is 3.23. The molecule has 0 radical (unpaired) electrons. The topological polar surface area (TPSA) is 53.6 Å². The van der Waals surface area contributed by atoms with Crippen LogP contribution in [0.5, 0.6) is 5.75 Å². The van der Waals surface area contributed by atoms with Gasteiger partial charge in [0.05, 0.1) is 11.8 Å². The van der Waals surface area contributed by atoms with Gasteiger partial charge in [0.25, 0.3) is 0 Å². The molecule has 1 aliphatic rings. The Hall–Kier alpha value is -2.69. The summed E-state index contributed by atoms with van der Waals surface area (Å²) in [4.78, 5) is 14.8. The second kappa shape index (κ2) is 8.80. The van der Waals surface area contributed by atoms with Crippen molar-refractivity contribution in [2.24, 2.45) is 5.92 Å². The highest BCUT2D eigenvalue weighted by atomic mass is 16.5. The number of hydrogen-bond acceptors (Lipinski definition) is 3. The van der Waals surface area contributed by atoms with Crippen LogP contribution in [0.4, 0.5) is 21.9 Å². The zero-order valence-corrected chi connectivity index (χ0v) is 16.4. The van der Waals surface area contributed by atoms with Crippen LogP contribution in [0.15, 0.2) is 48.5 Å². The van der Waals surface area contributed by atoms with Crippen molar-refractivity contribution in [1.29, 1.82) is 0 Å². The normalized spacial score (nSPS) is 14.9. The number of hydrogen-bond donors (Lipinski definition) is 2. The average molecular weight is 367 g/mol. The van der Waals surface area contributed by atoms with Crippen LogP contribution in [0.25, 0.3) is 0 Å². The van der Waals surface area contributed by atoms with E-state index in [-0.39, 0.29) is 12.1 Å². The molecule has 0 spiro atoms. The summed E-state index contributed by atoms with van der Waals surface area (Å²) in [5.41, 5.74) is 2.63. The predicted molar refractivity (Wildman–Crippen MR) is 112 cm³/mol. The van der Waals surface area contributed by atoms with Crippen LogP contribution in [0, 0.1) is 5.92 Å². The van der Waals surface area contributed by atoms with Crippen LogP contribution in [-0.4, -0.2) is 25.2 Å². The van der Waals surface area contributed by atoms with Gasteiger partial charge in [-0.3, -0.25) is 0 Å². The SMILES string of the molecule is CC1CCN(c2ccc(NC(=O)Nc3ccccc3OC(C)C)cc2)CC1. The van der Waals surface area contributed by atoms with Crippen molar-refractivity contribution in [3.05, 3.63) is 48.5 Å². The number of amides is 2. The minimum atomic E-state index is -0.283. The number of nitrogens with zero attached hydrogens (tertiary/aromatic N) is 1. The molecule has 144 valence electrons. The Labute approximate surface area is 161 Å². The molecule has 0 saturated carbocycles. The molecule has 2 N–H and O–H groups in total. The third-order valence-corrected chi connectivity index (χ3v) is 4.77. The van der Waals surface area contributed by atoms with E-state index in [9.17, 15) is 4.79 Å². The Balaban J connectivity index is 1.58. The summed E-state index contributed by atoms with van der Waals surface area (Å²) in [6.07, 6.45) is 2.52. The monoisotopic (exact) mass is 367 g/mol. The highest BCUT2D eigenvalue weighted by Gasteiger charge is 2.16. The van der Waals surface area contributed by atoms with Crippen molar-refractivity contribution in [2.45, 2.75) is 39.7 Å². The summed E-state index contributed by atoms with van der Waals surface area (Å²) in [6.45, 7) is 8.43. The lowest BCUT2D eigenvalue weighted by Crippen LogP contribution is -2.32. The van der Waals surface area contributed by atoms with E-state index in [4.69, 9.17) is 4.74 Å². The molecule has 5 heteroatoms. The van der Waals surface area contributed by atoms with Crippen molar-refractivity contribution in [3.8, 4) is 5.75 Å².